The molecule has 17 heteroatoms. The molecular weight excluding hydrogens is 855 g/mol. The van der Waals surface area contributed by atoms with Crippen molar-refractivity contribution in [3.05, 3.63) is 76.9 Å². The first-order valence-electron chi connectivity index (χ1n) is 22.5. The number of carbonyl (C=O) groups is 5. The normalized spacial score (nSPS) is 24.5. The number of nitrogens with one attached hydrogen (secondary N) is 2. The molecule has 3 aromatic rings. The molecule has 0 aromatic heterocycles. The Kier molecular flexibility index (Phi) is 12.7. The van der Waals surface area contributed by atoms with Gasteiger partial charge in [-0.2, -0.15) is 5.26 Å². The van der Waals surface area contributed by atoms with Crippen molar-refractivity contribution in [1.82, 2.24) is 20.4 Å². The summed E-state index contributed by atoms with van der Waals surface area (Å²) in [5.41, 5.74) is 1.19. The van der Waals surface area contributed by atoms with Crippen LogP contribution in [0.1, 0.15) is 103 Å². The van der Waals surface area contributed by atoms with Crippen molar-refractivity contribution in [3.8, 4) is 29.1 Å². The predicted molar refractivity (Wildman–Crippen MR) is 237 cm³/mol. The topological polar surface area (TPSA) is 180 Å². The van der Waals surface area contributed by atoms with Gasteiger partial charge in [-0.05, 0) is 67.6 Å². The monoisotopic (exact) mass is 910 g/mol. The fourth-order valence-corrected chi connectivity index (χ4v) is 11.0. The van der Waals surface area contributed by atoms with Gasteiger partial charge >= 0.3 is 0 Å². The number of hydrogen-bond acceptors (Lipinski definition) is 12. The molecule has 1 atom stereocenters. The summed E-state index contributed by atoms with van der Waals surface area (Å²) in [4.78, 5) is 69.7. The Hall–Kier alpha value is -6.28. The van der Waals surface area contributed by atoms with Gasteiger partial charge in [0.15, 0.2) is 0 Å². The zero-order valence-corrected chi connectivity index (χ0v) is 38.0. The first kappa shape index (κ1) is 46.3. The van der Waals surface area contributed by atoms with Gasteiger partial charge in [0, 0.05) is 85.2 Å². The molecule has 0 spiro atoms. The van der Waals surface area contributed by atoms with Crippen molar-refractivity contribution in [2.45, 2.75) is 103 Å². The Morgan fingerprint density at radius 3 is 2.18 bits per heavy atom. The van der Waals surface area contributed by atoms with Crippen LogP contribution in [0, 0.1) is 28.1 Å². The highest BCUT2D eigenvalue weighted by atomic mass is 19.3. The number of imide groups is 2. The standard InChI is InChI=1S/C49H56F2N6O9/c1-48(2)46(49(3,4)47(48)66-32-12-9-29(24-52)37(22-32)63-5)54-42(59)28-7-10-30(11-8-28)55-17-15-27(16-18-55)25-56(26-39(50)51)31-19-33(20-31)65-34-21-35-41(38(23-34)64-6)45(62)57(44(35)61)36-13-14-40(58)53-43(36)60/h7-12,21-23,27,31,33,36,39,46-47H,13-20,25-26H2,1-6H3,(H,54,59)(H,53,58,60)/t31?,33?,36-,46?,47?/m1/s1. The van der Waals surface area contributed by atoms with Crippen molar-refractivity contribution in [1.29, 1.82) is 5.26 Å². The minimum Gasteiger partial charge on any atom is -0.496 e. The molecule has 3 aromatic carbocycles. The maximum atomic E-state index is 13.9. The fourth-order valence-electron chi connectivity index (χ4n) is 11.0. The number of anilines is 1. The van der Waals surface area contributed by atoms with Crippen molar-refractivity contribution < 1.29 is 51.7 Å². The predicted octanol–water partition coefficient (Wildman–Crippen LogP) is 5.98. The largest absolute Gasteiger partial charge is 0.496 e. The summed E-state index contributed by atoms with van der Waals surface area (Å²) in [6, 6.07) is 16.4. The van der Waals surface area contributed by atoms with Crippen LogP contribution in [0.4, 0.5) is 14.5 Å². The van der Waals surface area contributed by atoms with Crippen LogP contribution in [-0.2, 0) is 9.59 Å². The molecule has 3 aliphatic heterocycles. The zero-order chi connectivity index (χ0) is 47.2. The van der Waals surface area contributed by atoms with Gasteiger partial charge in [-0.15, -0.1) is 0 Å². The lowest BCUT2D eigenvalue weighted by atomic mass is 9.49. The molecule has 8 rings (SSSR count). The Bertz CT molecular complexity index is 2430. The number of methoxy groups -OCH3 is 2. The van der Waals surface area contributed by atoms with Crippen LogP contribution < -0.4 is 34.5 Å². The van der Waals surface area contributed by atoms with Crippen LogP contribution >= 0.6 is 0 Å². The molecule has 0 radical (unpaired) electrons. The number of hydrogen-bond donors (Lipinski definition) is 2. The van der Waals surface area contributed by atoms with Gasteiger partial charge in [0.1, 0.15) is 47.3 Å². The Morgan fingerprint density at radius 2 is 1.56 bits per heavy atom. The SMILES string of the molecule is COc1cc(OC2C(C)(C)C(NC(=O)c3ccc(N4CCC(CN(CC(F)F)C5CC(Oc6cc(OC)c7c(c6)C(=O)N([C@@H]6CCC(=O)NC6=O)C7=O)C5)CC4)cc3)C2(C)C)ccc1C#N. The van der Waals surface area contributed by atoms with Crippen molar-refractivity contribution in [2.75, 3.05) is 45.3 Å². The molecule has 66 heavy (non-hydrogen) atoms. The van der Waals surface area contributed by atoms with Crippen LogP contribution in [0.15, 0.2) is 54.6 Å². The molecule has 15 nitrogen and oxygen atoms in total. The summed E-state index contributed by atoms with van der Waals surface area (Å²) in [6.45, 7) is 9.93. The van der Waals surface area contributed by atoms with Gasteiger partial charge in [-0.25, -0.2) is 8.78 Å². The second-order valence-electron chi connectivity index (χ2n) is 19.2. The van der Waals surface area contributed by atoms with E-state index < -0.39 is 46.9 Å². The minimum atomic E-state index is -2.51. The third-order valence-electron chi connectivity index (χ3n) is 14.2. The average molecular weight is 911 g/mol. The molecule has 0 unspecified atom stereocenters. The van der Waals surface area contributed by atoms with E-state index in [0.717, 1.165) is 36.5 Å². The van der Waals surface area contributed by atoms with Crippen molar-refractivity contribution in [2.24, 2.45) is 16.7 Å². The van der Waals surface area contributed by atoms with Crippen molar-refractivity contribution in [3.63, 3.8) is 0 Å². The highest BCUT2D eigenvalue weighted by Crippen LogP contribution is 2.56. The molecule has 5 aliphatic rings. The van der Waals surface area contributed by atoms with Gasteiger partial charge in [0.25, 0.3) is 24.1 Å². The highest BCUT2D eigenvalue weighted by molar-refractivity contribution is 6.24. The fraction of sp³-hybridized carbons (Fsp3) is 0.510. The Labute approximate surface area is 382 Å². The number of rotatable bonds is 15. The molecule has 4 fully saturated rings. The van der Waals surface area contributed by atoms with Crippen LogP contribution in [-0.4, -0.2) is 116 Å². The van der Waals surface area contributed by atoms with E-state index in [-0.39, 0.29) is 78.1 Å². The maximum Gasteiger partial charge on any atom is 0.266 e. The number of fused-ring (bicyclic) bond motifs is 1. The van der Waals surface area contributed by atoms with Gasteiger partial charge in [0.2, 0.25) is 11.8 Å². The van der Waals surface area contributed by atoms with E-state index in [1.54, 1.807) is 18.2 Å². The Morgan fingerprint density at radius 1 is 0.894 bits per heavy atom. The summed E-state index contributed by atoms with van der Waals surface area (Å²) < 4.78 is 51.3. The summed E-state index contributed by atoms with van der Waals surface area (Å²) in [5, 5.41) is 14.8. The van der Waals surface area contributed by atoms with E-state index in [1.807, 2.05) is 29.2 Å². The minimum absolute atomic E-state index is 0.00292. The van der Waals surface area contributed by atoms with Gasteiger partial charge in [-0.3, -0.25) is 39.1 Å². The lowest BCUT2D eigenvalue weighted by molar-refractivity contribution is -0.164. The third-order valence-corrected chi connectivity index (χ3v) is 14.2. The Balaban J connectivity index is 0.819. The summed E-state index contributed by atoms with van der Waals surface area (Å²) in [5.74, 6) is -1.09. The van der Waals surface area contributed by atoms with E-state index in [1.165, 1.54) is 26.4 Å². The molecule has 2 saturated heterocycles. The van der Waals surface area contributed by atoms with E-state index in [9.17, 15) is 38.0 Å². The number of alkyl halides is 2. The molecule has 5 amide bonds. The average Bonchev–Trinajstić information content (AvgIpc) is 3.52. The first-order chi connectivity index (χ1) is 31.4. The molecule has 3 heterocycles. The van der Waals surface area contributed by atoms with E-state index in [0.29, 0.717) is 42.0 Å². The second kappa shape index (κ2) is 18.2. The lowest BCUT2D eigenvalue weighted by Gasteiger charge is -2.63. The number of nitriles is 1. The van der Waals surface area contributed by atoms with Crippen LogP contribution in [0.3, 0.4) is 0 Å². The van der Waals surface area contributed by atoms with E-state index >= 15 is 0 Å². The number of nitrogens with zero attached hydrogens (tertiary/aromatic N) is 4. The quantitative estimate of drug-likeness (QED) is 0.171. The molecule has 2 aliphatic carbocycles. The smallest absolute Gasteiger partial charge is 0.266 e. The zero-order valence-electron chi connectivity index (χ0n) is 38.0. The maximum absolute atomic E-state index is 13.9. The van der Waals surface area contributed by atoms with Gasteiger partial charge in [0.05, 0.1) is 37.5 Å². The van der Waals surface area contributed by atoms with Crippen molar-refractivity contribution >= 4 is 35.2 Å². The number of amides is 5. The lowest BCUT2D eigenvalue weighted by Crippen LogP contribution is -2.74. The number of halogens is 2. The second-order valence-corrected chi connectivity index (χ2v) is 19.2. The third kappa shape index (κ3) is 8.75. The molecule has 2 N–H and O–H groups in total. The van der Waals surface area contributed by atoms with Crippen LogP contribution in [0.25, 0.3) is 0 Å². The van der Waals surface area contributed by atoms with E-state index in [2.05, 4.69) is 49.3 Å². The summed E-state index contributed by atoms with van der Waals surface area (Å²) in [7, 11) is 2.87. The molecule has 0 bridgehead atoms. The van der Waals surface area contributed by atoms with Crippen LogP contribution in [0.2, 0.25) is 0 Å². The number of ether oxygens (including phenoxy) is 4. The number of piperidine rings is 2. The van der Waals surface area contributed by atoms with Gasteiger partial charge < -0.3 is 29.2 Å². The first-order valence-corrected chi connectivity index (χ1v) is 22.5. The summed E-state index contributed by atoms with van der Waals surface area (Å²) in [6.07, 6.45) is -0.396. The molecule has 2 saturated carbocycles. The number of benzene rings is 3. The molecule has 350 valence electrons. The molecular formula is C49H56F2N6O9. The number of carbonyl (C=O) groups excluding carboxylic acids is 5. The highest BCUT2D eigenvalue weighted by Gasteiger charge is 2.64. The van der Waals surface area contributed by atoms with E-state index in [4.69, 9.17) is 18.9 Å². The summed E-state index contributed by atoms with van der Waals surface area (Å²) >= 11 is 0. The van der Waals surface area contributed by atoms with Crippen LogP contribution in [0.5, 0.6) is 23.0 Å². The van der Waals surface area contributed by atoms with Gasteiger partial charge in [-0.1, -0.05) is 27.7 Å².